The summed E-state index contributed by atoms with van der Waals surface area (Å²) in [5.74, 6) is 0.847. The summed E-state index contributed by atoms with van der Waals surface area (Å²) < 4.78 is 27.6. The summed E-state index contributed by atoms with van der Waals surface area (Å²) in [7, 11) is -4.07. The first kappa shape index (κ1) is 27.0. The van der Waals surface area contributed by atoms with E-state index < -0.39 is 22.5 Å². The van der Waals surface area contributed by atoms with E-state index in [-0.39, 0.29) is 20.6 Å². The fourth-order valence-electron chi connectivity index (χ4n) is 2.97. The molecule has 34 heavy (non-hydrogen) atoms. The molecule has 0 aromatic heterocycles. The van der Waals surface area contributed by atoms with Crippen molar-refractivity contribution in [3.05, 3.63) is 92.4 Å². The number of rotatable bonds is 10. The number of anilines is 1. The average molecular weight is 578 g/mol. The van der Waals surface area contributed by atoms with E-state index >= 15 is 0 Å². The van der Waals surface area contributed by atoms with Gasteiger partial charge in [-0.05, 0) is 42.0 Å². The zero-order chi connectivity index (χ0) is 24.7. The molecular formula is C23H20Cl4N2O3S2. The van der Waals surface area contributed by atoms with Crippen molar-refractivity contribution < 1.29 is 13.2 Å². The molecular weight excluding hydrogens is 558 g/mol. The third-order valence-electron chi connectivity index (χ3n) is 4.64. The molecule has 5 nitrogen and oxygen atoms in total. The number of carbonyl (C=O) groups is 1. The molecule has 0 heterocycles. The van der Waals surface area contributed by atoms with Gasteiger partial charge in [0.15, 0.2) is 0 Å². The van der Waals surface area contributed by atoms with E-state index in [1.807, 2.05) is 6.07 Å². The lowest BCUT2D eigenvalue weighted by Crippen LogP contribution is -2.41. The first-order valence-corrected chi connectivity index (χ1v) is 14.1. The molecule has 0 aliphatic carbocycles. The first-order valence-electron chi connectivity index (χ1n) is 10.0. The van der Waals surface area contributed by atoms with Crippen molar-refractivity contribution in [2.24, 2.45) is 0 Å². The molecule has 0 saturated heterocycles. The predicted octanol–water partition coefficient (Wildman–Crippen LogP) is 6.55. The van der Waals surface area contributed by atoms with Gasteiger partial charge < -0.3 is 5.32 Å². The fraction of sp³-hybridized carbons (Fsp3) is 0.174. The van der Waals surface area contributed by atoms with Crippen LogP contribution < -0.4 is 9.62 Å². The number of sulfonamides is 1. The number of carbonyl (C=O) groups excluding carboxylic acids is 1. The Hall–Kier alpha value is -1.61. The van der Waals surface area contributed by atoms with Crippen LogP contribution >= 0.6 is 58.2 Å². The van der Waals surface area contributed by atoms with Gasteiger partial charge >= 0.3 is 0 Å². The van der Waals surface area contributed by atoms with Gasteiger partial charge in [0.25, 0.3) is 10.0 Å². The molecule has 11 heteroatoms. The molecule has 0 aliphatic rings. The lowest BCUT2D eigenvalue weighted by molar-refractivity contribution is -0.119. The summed E-state index contributed by atoms with van der Waals surface area (Å²) in [6.45, 7) is -0.0952. The van der Waals surface area contributed by atoms with Gasteiger partial charge in [0.2, 0.25) is 5.91 Å². The maximum Gasteiger partial charge on any atom is 0.264 e. The average Bonchev–Trinajstić information content (AvgIpc) is 2.82. The smallest absolute Gasteiger partial charge is 0.264 e. The lowest BCUT2D eigenvalue weighted by Gasteiger charge is -2.25. The quantitative estimate of drug-likeness (QED) is 0.278. The number of hydrogen-bond acceptors (Lipinski definition) is 4. The molecule has 0 radical (unpaired) electrons. The normalized spacial score (nSPS) is 11.3. The van der Waals surface area contributed by atoms with Crippen LogP contribution in [0.4, 0.5) is 5.69 Å². The molecule has 1 N–H and O–H groups in total. The highest BCUT2D eigenvalue weighted by atomic mass is 35.5. The van der Waals surface area contributed by atoms with Gasteiger partial charge in [-0.15, -0.1) is 0 Å². The number of benzene rings is 3. The first-order chi connectivity index (χ1) is 16.2. The Morgan fingerprint density at radius 1 is 0.882 bits per heavy atom. The summed E-state index contributed by atoms with van der Waals surface area (Å²) in [5.41, 5.74) is 1.14. The zero-order valence-electron chi connectivity index (χ0n) is 17.7. The second-order valence-corrected chi connectivity index (χ2v) is 11.6. The highest BCUT2D eigenvalue weighted by Crippen LogP contribution is 2.35. The minimum absolute atomic E-state index is 0.0380. The SMILES string of the molecule is O=C(CN(c1cccc(Cl)c1Cl)S(=O)(=O)c1ccccc1)NCCSCc1ccc(Cl)c(Cl)c1. The lowest BCUT2D eigenvalue weighted by atomic mass is 10.2. The number of halogens is 4. The number of nitrogens with one attached hydrogen (secondary N) is 1. The second-order valence-electron chi connectivity index (χ2n) is 7.05. The van der Waals surface area contributed by atoms with Crippen molar-refractivity contribution in [1.82, 2.24) is 5.32 Å². The molecule has 0 atom stereocenters. The Kier molecular flexibility index (Phi) is 9.83. The van der Waals surface area contributed by atoms with Gasteiger partial charge in [-0.2, -0.15) is 11.8 Å². The van der Waals surface area contributed by atoms with Crippen LogP contribution in [0.15, 0.2) is 71.6 Å². The highest BCUT2D eigenvalue weighted by Gasteiger charge is 2.29. The van der Waals surface area contributed by atoms with Crippen molar-refractivity contribution in [3.8, 4) is 0 Å². The Bertz CT molecular complexity index is 1260. The molecule has 0 unspecified atom stereocenters. The fourth-order valence-corrected chi connectivity index (χ4v) is 6.00. The molecule has 0 spiro atoms. The van der Waals surface area contributed by atoms with Crippen molar-refractivity contribution in [3.63, 3.8) is 0 Å². The van der Waals surface area contributed by atoms with Gasteiger partial charge in [-0.25, -0.2) is 8.42 Å². The minimum atomic E-state index is -4.07. The minimum Gasteiger partial charge on any atom is -0.354 e. The molecule has 0 fully saturated rings. The van der Waals surface area contributed by atoms with Crippen LogP contribution in [0.25, 0.3) is 0 Å². The highest BCUT2D eigenvalue weighted by molar-refractivity contribution is 7.98. The number of amides is 1. The monoisotopic (exact) mass is 576 g/mol. The molecule has 1 amide bonds. The molecule has 0 bridgehead atoms. The summed E-state index contributed by atoms with van der Waals surface area (Å²) in [5, 5.41) is 3.99. The van der Waals surface area contributed by atoms with Crippen LogP contribution in [0.1, 0.15) is 5.56 Å². The van der Waals surface area contributed by atoms with Crippen LogP contribution in [0.2, 0.25) is 20.1 Å². The summed E-state index contributed by atoms with van der Waals surface area (Å²) in [6, 6.07) is 17.9. The Labute approximate surface area is 223 Å². The van der Waals surface area contributed by atoms with Gasteiger partial charge in [0, 0.05) is 18.1 Å². The van der Waals surface area contributed by atoms with Gasteiger partial charge in [0.05, 0.1) is 30.7 Å². The van der Waals surface area contributed by atoms with Gasteiger partial charge in [0.1, 0.15) is 6.54 Å². The molecule has 0 aliphatic heterocycles. The molecule has 3 aromatic rings. The van der Waals surface area contributed by atoms with E-state index in [9.17, 15) is 13.2 Å². The third-order valence-corrected chi connectivity index (χ3v) is 8.99. The maximum atomic E-state index is 13.3. The van der Waals surface area contributed by atoms with E-state index in [0.717, 1.165) is 9.87 Å². The molecule has 180 valence electrons. The summed E-state index contributed by atoms with van der Waals surface area (Å²) >= 11 is 26.0. The number of nitrogens with zero attached hydrogens (tertiary/aromatic N) is 1. The van der Waals surface area contributed by atoms with Crippen LogP contribution in [0.3, 0.4) is 0 Å². The van der Waals surface area contributed by atoms with Crippen molar-refractivity contribution >= 4 is 79.8 Å². The topological polar surface area (TPSA) is 66.5 Å². The Morgan fingerprint density at radius 2 is 1.62 bits per heavy atom. The van der Waals surface area contributed by atoms with E-state index in [1.165, 1.54) is 18.2 Å². The van der Waals surface area contributed by atoms with Crippen molar-refractivity contribution in [2.45, 2.75) is 10.6 Å². The summed E-state index contributed by atoms with van der Waals surface area (Å²) in [6.07, 6.45) is 0. The van der Waals surface area contributed by atoms with Gasteiger partial charge in [-0.3, -0.25) is 9.10 Å². The third kappa shape index (κ3) is 6.97. The van der Waals surface area contributed by atoms with Crippen molar-refractivity contribution in [1.29, 1.82) is 0 Å². The standard InChI is InChI=1S/C23H20Cl4N2O3S2/c24-18-10-9-16(13-20(18)26)15-33-12-11-28-22(30)14-29(21-8-4-7-19(25)23(21)27)34(31,32)17-5-2-1-3-6-17/h1-10,13H,11-12,14-15H2,(H,28,30). The van der Waals surface area contributed by atoms with Crippen molar-refractivity contribution in [2.75, 3.05) is 23.1 Å². The number of thioether (sulfide) groups is 1. The summed E-state index contributed by atoms with van der Waals surface area (Å²) in [4.78, 5) is 12.7. The van der Waals surface area contributed by atoms with E-state index in [4.69, 9.17) is 46.4 Å². The maximum absolute atomic E-state index is 13.3. The van der Waals surface area contributed by atoms with E-state index in [2.05, 4.69) is 5.32 Å². The molecule has 3 aromatic carbocycles. The predicted molar refractivity (Wildman–Crippen MR) is 143 cm³/mol. The van der Waals surface area contributed by atoms with Crippen LogP contribution in [0, 0.1) is 0 Å². The Balaban J connectivity index is 1.66. The second kappa shape index (κ2) is 12.4. The Morgan fingerprint density at radius 3 is 2.32 bits per heavy atom. The number of hydrogen-bond donors (Lipinski definition) is 1. The zero-order valence-corrected chi connectivity index (χ0v) is 22.3. The van der Waals surface area contributed by atoms with E-state index in [1.54, 1.807) is 54.2 Å². The van der Waals surface area contributed by atoms with Crippen LogP contribution in [0.5, 0.6) is 0 Å². The van der Waals surface area contributed by atoms with Gasteiger partial charge in [-0.1, -0.05) is 76.7 Å². The van der Waals surface area contributed by atoms with Crippen LogP contribution in [-0.2, 0) is 20.6 Å². The molecule has 0 saturated carbocycles. The van der Waals surface area contributed by atoms with E-state index in [0.29, 0.717) is 28.1 Å². The van der Waals surface area contributed by atoms with Crippen LogP contribution in [-0.4, -0.2) is 33.2 Å². The largest absolute Gasteiger partial charge is 0.354 e. The molecule has 3 rings (SSSR count).